The number of rotatable bonds is 3. The van der Waals surface area contributed by atoms with Crippen molar-refractivity contribution in [1.82, 2.24) is 14.9 Å². The van der Waals surface area contributed by atoms with E-state index in [0.29, 0.717) is 0 Å². The molecule has 1 aromatic carbocycles. The van der Waals surface area contributed by atoms with Gasteiger partial charge in [-0.3, -0.25) is 0 Å². The van der Waals surface area contributed by atoms with Gasteiger partial charge in [0.2, 0.25) is 5.16 Å². The van der Waals surface area contributed by atoms with Gasteiger partial charge in [-0.15, -0.1) is 10.2 Å². The third-order valence-electron chi connectivity index (χ3n) is 3.25. The Balaban J connectivity index is 1.65. The minimum atomic E-state index is 0.0162. The molecule has 1 aliphatic heterocycles. The SMILES string of the molecule is COc1ccc(-c2nnc3n2NC(c2ccco2)S3)cc1. The predicted octanol–water partition coefficient (Wildman–Crippen LogP) is 2.89. The van der Waals surface area contributed by atoms with Crippen LogP contribution in [-0.4, -0.2) is 22.0 Å². The highest BCUT2D eigenvalue weighted by molar-refractivity contribution is 7.99. The largest absolute Gasteiger partial charge is 0.497 e. The van der Waals surface area contributed by atoms with Gasteiger partial charge in [-0.25, -0.2) is 4.68 Å². The first-order valence-corrected chi connectivity index (χ1v) is 7.29. The number of nitrogens with zero attached hydrogens (tertiary/aromatic N) is 3. The Morgan fingerprint density at radius 3 is 2.81 bits per heavy atom. The van der Waals surface area contributed by atoms with E-state index < -0.39 is 0 Å². The molecule has 0 amide bonds. The molecule has 3 aromatic rings. The summed E-state index contributed by atoms with van der Waals surface area (Å²) < 4.78 is 12.5. The summed E-state index contributed by atoms with van der Waals surface area (Å²) in [6, 6.07) is 11.6. The Kier molecular flexibility index (Phi) is 2.85. The first-order valence-electron chi connectivity index (χ1n) is 6.41. The van der Waals surface area contributed by atoms with E-state index in [1.54, 1.807) is 25.1 Å². The number of hydrogen-bond donors (Lipinski definition) is 1. The highest BCUT2D eigenvalue weighted by Gasteiger charge is 2.29. The monoisotopic (exact) mass is 300 g/mol. The molecule has 0 spiro atoms. The van der Waals surface area contributed by atoms with Crippen molar-refractivity contribution in [3.63, 3.8) is 0 Å². The van der Waals surface area contributed by atoms with E-state index in [1.807, 2.05) is 41.1 Å². The summed E-state index contributed by atoms with van der Waals surface area (Å²) in [6.45, 7) is 0. The highest BCUT2D eigenvalue weighted by atomic mass is 32.2. The van der Waals surface area contributed by atoms with E-state index >= 15 is 0 Å². The number of furan rings is 1. The van der Waals surface area contributed by atoms with Crippen LogP contribution in [0, 0.1) is 0 Å². The molecule has 1 atom stereocenters. The predicted molar refractivity (Wildman–Crippen MR) is 78.7 cm³/mol. The quantitative estimate of drug-likeness (QED) is 0.802. The van der Waals surface area contributed by atoms with Crippen molar-refractivity contribution in [2.24, 2.45) is 0 Å². The number of hydrogen-bond acceptors (Lipinski definition) is 6. The molecule has 0 saturated heterocycles. The lowest BCUT2D eigenvalue weighted by atomic mass is 10.2. The average Bonchev–Trinajstić information content (AvgIpc) is 3.23. The summed E-state index contributed by atoms with van der Waals surface area (Å²) in [5.74, 6) is 2.45. The van der Waals surface area contributed by atoms with E-state index in [2.05, 4.69) is 15.6 Å². The molecule has 0 bridgehead atoms. The smallest absolute Gasteiger partial charge is 0.212 e. The number of thioether (sulfide) groups is 1. The molecular formula is C14H12N4O2S. The van der Waals surface area contributed by atoms with Crippen molar-refractivity contribution in [3.05, 3.63) is 48.4 Å². The molecule has 0 saturated carbocycles. The molecular weight excluding hydrogens is 288 g/mol. The van der Waals surface area contributed by atoms with E-state index in [-0.39, 0.29) is 5.37 Å². The maximum Gasteiger partial charge on any atom is 0.212 e. The topological polar surface area (TPSA) is 65.1 Å². The summed E-state index contributed by atoms with van der Waals surface area (Å²) in [4.78, 5) is 0. The fraction of sp³-hybridized carbons (Fsp3) is 0.143. The van der Waals surface area contributed by atoms with E-state index in [9.17, 15) is 0 Å². The number of ether oxygens (including phenoxy) is 1. The molecule has 6 nitrogen and oxygen atoms in total. The van der Waals surface area contributed by atoms with Gasteiger partial charge in [-0.05, 0) is 48.2 Å². The third-order valence-corrected chi connectivity index (χ3v) is 4.30. The summed E-state index contributed by atoms with van der Waals surface area (Å²) >= 11 is 1.58. The van der Waals surface area contributed by atoms with Crippen molar-refractivity contribution in [2.45, 2.75) is 10.5 Å². The zero-order valence-corrected chi connectivity index (χ0v) is 12.0. The first-order chi connectivity index (χ1) is 10.3. The maximum atomic E-state index is 5.43. The molecule has 0 radical (unpaired) electrons. The summed E-state index contributed by atoms with van der Waals surface area (Å²) in [5, 5.41) is 9.29. The van der Waals surface area contributed by atoms with Crippen molar-refractivity contribution in [3.8, 4) is 17.1 Å². The molecule has 2 aromatic heterocycles. The molecule has 1 N–H and O–H groups in total. The molecule has 4 rings (SSSR count). The second kappa shape index (κ2) is 4.85. The molecule has 7 heteroatoms. The molecule has 1 unspecified atom stereocenters. The number of benzene rings is 1. The van der Waals surface area contributed by atoms with Gasteiger partial charge in [-0.2, -0.15) is 0 Å². The van der Waals surface area contributed by atoms with Gasteiger partial charge in [-0.1, -0.05) is 0 Å². The number of fused-ring (bicyclic) bond motifs is 1. The van der Waals surface area contributed by atoms with E-state index in [4.69, 9.17) is 9.15 Å². The zero-order valence-electron chi connectivity index (χ0n) is 11.2. The number of nitrogens with one attached hydrogen (secondary N) is 1. The van der Waals surface area contributed by atoms with Crippen molar-refractivity contribution < 1.29 is 9.15 Å². The van der Waals surface area contributed by atoms with Crippen LogP contribution < -0.4 is 10.2 Å². The number of aromatic nitrogens is 3. The highest BCUT2D eigenvalue weighted by Crippen LogP contribution is 2.40. The van der Waals surface area contributed by atoms with E-state index in [1.165, 1.54) is 0 Å². The van der Waals surface area contributed by atoms with Crippen LogP contribution in [-0.2, 0) is 0 Å². The molecule has 1 aliphatic rings. The summed E-state index contributed by atoms with van der Waals surface area (Å²) in [5.41, 5.74) is 4.32. The molecule has 3 heterocycles. The standard InChI is InChI=1S/C14H12N4O2S/c1-19-10-6-4-9(5-7-10)12-15-16-14-18(12)17-13(21-14)11-3-2-8-20-11/h2-8,13,17H,1H3. The third kappa shape index (κ3) is 2.06. The summed E-state index contributed by atoms with van der Waals surface area (Å²) in [7, 11) is 1.65. The minimum absolute atomic E-state index is 0.0162. The van der Waals surface area contributed by atoms with Crippen LogP contribution >= 0.6 is 11.8 Å². The Morgan fingerprint density at radius 2 is 2.10 bits per heavy atom. The van der Waals surface area contributed by atoms with Crippen LogP contribution in [0.1, 0.15) is 11.1 Å². The Labute approximate surface area is 125 Å². The van der Waals surface area contributed by atoms with Gasteiger partial charge in [0.1, 0.15) is 11.5 Å². The first kappa shape index (κ1) is 12.3. The number of methoxy groups -OCH3 is 1. The van der Waals surface area contributed by atoms with Crippen LogP contribution in [0.4, 0.5) is 0 Å². The second-order valence-electron chi connectivity index (χ2n) is 4.51. The van der Waals surface area contributed by atoms with Crippen LogP contribution in [0.3, 0.4) is 0 Å². The molecule has 0 fully saturated rings. The molecule has 21 heavy (non-hydrogen) atoms. The van der Waals surface area contributed by atoms with Crippen molar-refractivity contribution in [1.29, 1.82) is 0 Å². The summed E-state index contributed by atoms with van der Waals surface area (Å²) in [6.07, 6.45) is 1.67. The van der Waals surface area contributed by atoms with Gasteiger partial charge in [0.15, 0.2) is 11.2 Å². The fourth-order valence-corrected chi connectivity index (χ4v) is 3.15. The van der Waals surface area contributed by atoms with E-state index in [0.717, 1.165) is 28.1 Å². The van der Waals surface area contributed by atoms with Crippen LogP contribution in [0.5, 0.6) is 5.75 Å². The van der Waals surface area contributed by atoms with Crippen LogP contribution in [0.15, 0.2) is 52.2 Å². The minimum Gasteiger partial charge on any atom is -0.497 e. The van der Waals surface area contributed by atoms with Gasteiger partial charge in [0, 0.05) is 5.56 Å². The van der Waals surface area contributed by atoms with Crippen molar-refractivity contribution >= 4 is 11.8 Å². The lowest BCUT2D eigenvalue weighted by Gasteiger charge is -2.09. The molecule has 0 aliphatic carbocycles. The fourth-order valence-electron chi connectivity index (χ4n) is 2.20. The van der Waals surface area contributed by atoms with Gasteiger partial charge >= 0.3 is 0 Å². The average molecular weight is 300 g/mol. The van der Waals surface area contributed by atoms with Gasteiger partial charge in [0.25, 0.3) is 0 Å². The normalized spacial score (nSPS) is 16.5. The lowest BCUT2D eigenvalue weighted by Crippen LogP contribution is -2.13. The Bertz CT molecular complexity index is 752. The Hall–Kier alpha value is -2.41. The zero-order chi connectivity index (χ0) is 14.2. The lowest BCUT2D eigenvalue weighted by molar-refractivity contribution is 0.415. The van der Waals surface area contributed by atoms with Crippen LogP contribution in [0.2, 0.25) is 0 Å². The second-order valence-corrected chi connectivity index (χ2v) is 5.58. The van der Waals surface area contributed by atoms with Crippen molar-refractivity contribution in [2.75, 3.05) is 12.5 Å². The van der Waals surface area contributed by atoms with Gasteiger partial charge in [0.05, 0.1) is 13.4 Å². The Morgan fingerprint density at radius 1 is 1.24 bits per heavy atom. The van der Waals surface area contributed by atoms with Gasteiger partial charge < -0.3 is 14.6 Å². The maximum absolute atomic E-state index is 5.43. The van der Waals surface area contributed by atoms with Crippen LogP contribution in [0.25, 0.3) is 11.4 Å². The molecule has 106 valence electrons.